The minimum Gasteiger partial charge on any atom is -0.442 e. The molecule has 1 aromatic heterocycles. The van der Waals surface area contributed by atoms with Crippen LogP contribution >= 0.6 is 0 Å². The fourth-order valence-corrected chi connectivity index (χ4v) is 3.20. The van der Waals surface area contributed by atoms with E-state index in [0.717, 1.165) is 10.6 Å². The third-order valence-corrected chi connectivity index (χ3v) is 4.79. The Hall–Kier alpha value is -3.88. The number of H-pyrrole nitrogens is 1. The number of hydrogen-bond acceptors (Lipinski definition) is 4. The molecule has 3 N–H and O–H groups in total. The van der Waals surface area contributed by atoms with Gasteiger partial charge in [0, 0.05) is 29.6 Å². The average Bonchev–Trinajstić information content (AvgIpc) is 3.19. The molecule has 0 bridgehead atoms. The predicted molar refractivity (Wildman–Crippen MR) is 127 cm³/mol. The Morgan fingerprint density at radius 2 is 1.74 bits per heavy atom. The summed E-state index contributed by atoms with van der Waals surface area (Å²) in [5.41, 5.74) is 4.05. The van der Waals surface area contributed by atoms with Crippen molar-refractivity contribution in [2.45, 2.75) is 46.3 Å². The second-order valence-electron chi connectivity index (χ2n) is 8.87. The summed E-state index contributed by atoms with van der Waals surface area (Å²) < 4.78 is 18.7. The molecule has 1 heterocycles. The topological polar surface area (TPSA) is 104 Å². The number of halogens is 1. The highest BCUT2D eigenvalue weighted by molar-refractivity contribution is 5.98. The SMILES string of the molecule is CCCN(NC(=O)c1ccc(CNC(=O)c2cc3cc(F)ccc3[nH]2)cc1)C(=O)OC(C)(C)C. The fourth-order valence-electron chi connectivity index (χ4n) is 3.20. The normalized spacial score (nSPS) is 11.2. The number of carbonyl (C=O) groups excluding carboxylic acids is 3. The number of benzene rings is 2. The number of carbonyl (C=O) groups is 3. The Labute approximate surface area is 197 Å². The van der Waals surface area contributed by atoms with Crippen molar-refractivity contribution in [2.75, 3.05) is 6.54 Å². The molecule has 0 radical (unpaired) electrons. The van der Waals surface area contributed by atoms with Gasteiger partial charge in [0.25, 0.3) is 11.8 Å². The highest BCUT2D eigenvalue weighted by Gasteiger charge is 2.23. The van der Waals surface area contributed by atoms with Gasteiger partial charge in [-0.1, -0.05) is 19.1 Å². The van der Waals surface area contributed by atoms with E-state index in [4.69, 9.17) is 4.74 Å². The van der Waals surface area contributed by atoms with Crippen LogP contribution in [0.15, 0.2) is 48.5 Å². The van der Waals surface area contributed by atoms with Gasteiger partial charge in [0.2, 0.25) is 0 Å². The minimum absolute atomic E-state index is 0.240. The maximum Gasteiger partial charge on any atom is 0.429 e. The quantitative estimate of drug-likeness (QED) is 0.463. The lowest BCUT2D eigenvalue weighted by Gasteiger charge is -2.27. The van der Waals surface area contributed by atoms with Crippen LogP contribution in [-0.4, -0.2) is 40.0 Å². The van der Waals surface area contributed by atoms with Gasteiger partial charge in [-0.3, -0.25) is 15.0 Å². The van der Waals surface area contributed by atoms with Crippen LogP contribution in [0.4, 0.5) is 9.18 Å². The summed E-state index contributed by atoms with van der Waals surface area (Å²) in [6.07, 6.45) is 0.0190. The number of fused-ring (bicyclic) bond motifs is 1. The van der Waals surface area contributed by atoms with Crippen LogP contribution in [-0.2, 0) is 11.3 Å². The van der Waals surface area contributed by atoms with Crippen molar-refractivity contribution >= 4 is 28.8 Å². The number of hydrazine groups is 1. The second kappa shape index (κ2) is 10.4. The third-order valence-electron chi connectivity index (χ3n) is 4.79. The maximum atomic E-state index is 13.4. The summed E-state index contributed by atoms with van der Waals surface area (Å²) in [5.74, 6) is -1.14. The summed E-state index contributed by atoms with van der Waals surface area (Å²) in [4.78, 5) is 40.4. The summed E-state index contributed by atoms with van der Waals surface area (Å²) in [7, 11) is 0. The van der Waals surface area contributed by atoms with Gasteiger partial charge in [-0.05, 0) is 69.2 Å². The van der Waals surface area contributed by atoms with Gasteiger partial charge >= 0.3 is 6.09 Å². The molecule has 0 fully saturated rings. The number of aromatic nitrogens is 1. The lowest BCUT2D eigenvalue weighted by molar-refractivity contribution is 0.0133. The molecule has 3 rings (SSSR count). The van der Waals surface area contributed by atoms with E-state index in [0.29, 0.717) is 35.1 Å². The Morgan fingerprint density at radius 1 is 1.03 bits per heavy atom. The molecule has 0 spiro atoms. The first-order valence-corrected chi connectivity index (χ1v) is 11.0. The predicted octanol–water partition coefficient (Wildman–Crippen LogP) is 4.53. The molecule has 0 atom stereocenters. The van der Waals surface area contributed by atoms with E-state index in [1.807, 2.05) is 6.92 Å². The van der Waals surface area contributed by atoms with Crippen molar-refractivity contribution in [1.82, 2.24) is 20.7 Å². The van der Waals surface area contributed by atoms with E-state index in [1.54, 1.807) is 57.2 Å². The van der Waals surface area contributed by atoms with Gasteiger partial charge in [-0.25, -0.2) is 14.2 Å². The van der Waals surface area contributed by atoms with E-state index in [9.17, 15) is 18.8 Å². The Balaban J connectivity index is 1.58. The largest absolute Gasteiger partial charge is 0.442 e. The number of ether oxygens (including phenoxy) is 1. The van der Waals surface area contributed by atoms with Crippen LogP contribution in [0.5, 0.6) is 0 Å². The van der Waals surface area contributed by atoms with Crippen molar-refractivity contribution in [1.29, 1.82) is 0 Å². The molecule has 3 amide bonds. The molecule has 0 aliphatic carbocycles. The lowest BCUT2D eigenvalue weighted by Crippen LogP contribution is -2.48. The number of amides is 3. The number of nitrogens with zero attached hydrogens (tertiary/aromatic N) is 1. The van der Waals surface area contributed by atoms with Gasteiger partial charge < -0.3 is 15.0 Å². The van der Waals surface area contributed by atoms with E-state index in [1.165, 1.54) is 12.1 Å². The highest BCUT2D eigenvalue weighted by Crippen LogP contribution is 2.17. The third kappa shape index (κ3) is 6.57. The second-order valence-corrected chi connectivity index (χ2v) is 8.87. The zero-order valence-electron chi connectivity index (χ0n) is 19.7. The summed E-state index contributed by atoms with van der Waals surface area (Å²) in [6.45, 7) is 7.71. The first-order valence-electron chi connectivity index (χ1n) is 11.0. The van der Waals surface area contributed by atoms with Crippen LogP contribution in [0.2, 0.25) is 0 Å². The van der Waals surface area contributed by atoms with Crippen LogP contribution in [0.25, 0.3) is 10.9 Å². The van der Waals surface area contributed by atoms with Crippen molar-refractivity contribution in [3.8, 4) is 0 Å². The highest BCUT2D eigenvalue weighted by atomic mass is 19.1. The summed E-state index contributed by atoms with van der Waals surface area (Å²) >= 11 is 0. The molecule has 0 unspecified atom stereocenters. The van der Waals surface area contributed by atoms with Gasteiger partial charge in [0.15, 0.2) is 0 Å². The number of aromatic amines is 1. The number of hydrogen-bond donors (Lipinski definition) is 3. The first kappa shape index (κ1) is 24.8. The minimum atomic E-state index is -0.678. The van der Waals surface area contributed by atoms with E-state index < -0.39 is 17.6 Å². The van der Waals surface area contributed by atoms with Crippen LogP contribution in [0.1, 0.15) is 60.5 Å². The van der Waals surface area contributed by atoms with Gasteiger partial charge in [0.1, 0.15) is 17.1 Å². The smallest absolute Gasteiger partial charge is 0.429 e. The van der Waals surface area contributed by atoms with Crippen LogP contribution in [0.3, 0.4) is 0 Å². The molecule has 0 saturated carbocycles. The Bertz CT molecular complexity index is 1180. The Morgan fingerprint density at radius 3 is 2.38 bits per heavy atom. The summed E-state index contributed by atoms with van der Waals surface area (Å²) in [5, 5.41) is 4.57. The molecule has 180 valence electrons. The van der Waals surface area contributed by atoms with E-state index >= 15 is 0 Å². The molecule has 0 aliphatic heterocycles. The fraction of sp³-hybridized carbons (Fsp3) is 0.320. The van der Waals surface area contributed by atoms with Crippen LogP contribution in [0, 0.1) is 5.82 Å². The lowest BCUT2D eigenvalue weighted by atomic mass is 10.1. The van der Waals surface area contributed by atoms with Crippen molar-refractivity contribution < 1.29 is 23.5 Å². The maximum absolute atomic E-state index is 13.4. The number of nitrogens with one attached hydrogen (secondary N) is 3. The molecule has 0 saturated heterocycles. The van der Waals surface area contributed by atoms with E-state index in [-0.39, 0.29) is 18.3 Å². The molecule has 34 heavy (non-hydrogen) atoms. The molecular formula is C25H29FN4O4. The molecule has 0 aliphatic rings. The monoisotopic (exact) mass is 468 g/mol. The molecule has 2 aromatic carbocycles. The molecule has 3 aromatic rings. The van der Waals surface area contributed by atoms with Gasteiger partial charge in [-0.2, -0.15) is 0 Å². The summed E-state index contributed by atoms with van der Waals surface area (Å²) in [6, 6.07) is 12.5. The zero-order chi connectivity index (χ0) is 24.9. The standard InChI is InChI=1S/C25H29FN4O4/c1-5-12-30(24(33)34-25(2,3)4)29-22(31)17-8-6-16(7-9-17)15-27-23(32)21-14-18-13-19(26)10-11-20(18)28-21/h6-11,13-14,28H,5,12,15H2,1-4H3,(H,27,32)(H,29,31). The molecular weight excluding hydrogens is 439 g/mol. The van der Waals surface area contributed by atoms with Crippen LogP contribution < -0.4 is 10.7 Å². The van der Waals surface area contributed by atoms with Gasteiger partial charge in [0.05, 0.1) is 0 Å². The average molecular weight is 469 g/mol. The van der Waals surface area contributed by atoms with Crippen molar-refractivity contribution in [3.63, 3.8) is 0 Å². The van der Waals surface area contributed by atoms with Crippen molar-refractivity contribution in [3.05, 3.63) is 71.2 Å². The molecule has 8 nitrogen and oxygen atoms in total. The van der Waals surface area contributed by atoms with Gasteiger partial charge in [-0.15, -0.1) is 0 Å². The first-order chi connectivity index (χ1) is 16.1. The molecule has 9 heteroatoms. The zero-order valence-corrected chi connectivity index (χ0v) is 19.7. The van der Waals surface area contributed by atoms with E-state index in [2.05, 4.69) is 15.7 Å². The van der Waals surface area contributed by atoms with Crippen molar-refractivity contribution in [2.24, 2.45) is 0 Å². The number of rotatable bonds is 6. The Kier molecular flexibility index (Phi) is 7.55.